The normalized spacial score (nSPS) is 27.5. The van der Waals surface area contributed by atoms with E-state index < -0.39 is 0 Å². The number of fused-ring (bicyclic) bond motifs is 1. The van der Waals surface area contributed by atoms with Crippen LogP contribution in [0.1, 0.15) is 42.9 Å². The van der Waals surface area contributed by atoms with Crippen molar-refractivity contribution in [3.63, 3.8) is 0 Å². The summed E-state index contributed by atoms with van der Waals surface area (Å²) in [4.78, 5) is 18.0. The van der Waals surface area contributed by atoms with Crippen LogP contribution in [0, 0.1) is 5.92 Å². The Balaban J connectivity index is 1.34. The van der Waals surface area contributed by atoms with Crippen LogP contribution in [0.3, 0.4) is 0 Å². The number of nitrogens with zero attached hydrogens (tertiary/aromatic N) is 2. The second kappa shape index (κ2) is 8.65. The highest BCUT2D eigenvalue weighted by Crippen LogP contribution is 2.42. The summed E-state index contributed by atoms with van der Waals surface area (Å²) in [5.74, 6) is 0.442. The zero-order valence-electron chi connectivity index (χ0n) is 17.5. The van der Waals surface area contributed by atoms with Gasteiger partial charge in [-0.2, -0.15) is 0 Å². The van der Waals surface area contributed by atoms with Crippen LogP contribution < -0.4 is 5.32 Å². The first-order valence-electron chi connectivity index (χ1n) is 11.3. The minimum Gasteiger partial charge on any atom is -0.335 e. The van der Waals surface area contributed by atoms with E-state index in [-0.39, 0.29) is 18.1 Å². The second-order valence-electron chi connectivity index (χ2n) is 8.92. The van der Waals surface area contributed by atoms with Gasteiger partial charge < -0.3 is 10.2 Å². The fraction of sp³-hybridized carbons (Fsp3) is 0.423. The maximum atomic E-state index is 13.3. The van der Waals surface area contributed by atoms with E-state index in [0.29, 0.717) is 12.0 Å². The Bertz CT molecular complexity index is 874. The third-order valence-electron chi connectivity index (χ3n) is 7.07. The molecule has 0 radical (unpaired) electrons. The summed E-state index contributed by atoms with van der Waals surface area (Å²) in [7, 11) is 0. The molecule has 2 aromatic rings. The summed E-state index contributed by atoms with van der Waals surface area (Å²) in [6, 6.07) is 22.2. The number of hydrogen-bond donors (Lipinski definition) is 1. The molecule has 2 heterocycles. The van der Waals surface area contributed by atoms with Gasteiger partial charge in [0, 0.05) is 37.6 Å². The van der Waals surface area contributed by atoms with Gasteiger partial charge in [0.2, 0.25) is 0 Å². The van der Waals surface area contributed by atoms with E-state index in [2.05, 4.69) is 87.9 Å². The van der Waals surface area contributed by atoms with Gasteiger partial charge >= 0.3 is 6.03 Å². The van der Waals surface area contributed by atoms with Crippen LogP contribution in [-0.4, -0.2) is 41.0 Å². The number of rotatable bonds is 4. The highest BCUT2D eigenvalue weighted by atomic mass is 16.2. The number of allylic oxidation sites excluding steroid dienone is 1. The number of urea groups is 1. The van der Waals surface area contributed by atoms with Gasteiger partial charge in [-0.05, 0) is 36.8 Å². The van der Waals surface area contributed by atoms with E-state index >= 15 is 0 Å². The summed E-state index contributed by atoms with van der Waals surface area (Å²) in [5, 5.41) is 3.34. The maximum Gasteiger partial charge on any atom is 0.318 e. The van der Waals surface area contributed by atoms with Crippen LogP contribution in [0.4, 0.5) is 4.79 Å². The van der Waals surface area contributed by atoms with Crippen LogP contribution in [0.2, 0.25) is 0 Å². The molecule has 4 heteroatoms. The molecule has 30 heavy (non-hydrogen) atoms. The molecule has 1 unspecified atom stereocenters. The molecule has 2 saturated heterocycles. The van der Waals surface area contributed by atoms with Crippen LogP contribution in [-0.2, 0) is 6.54 Å². The Morgan fingerprint density at radius 2 is 1.53 bits per heavy atom. The number of piperidine rings is 1. The predicted octanol–water partition coefficient (Wildman–Crippen LogP) is 4.75. The molecule has 0 aromatic heterocycles. The van der Waals surface area contributed by atoms with Gasteiger partial charge in [0.25, 0.3) is 0 Å². The van der Waals surface area contributed by atoms with Gasteiger partial charge in [-0.3, -0.25) is 4.90 Å². The first kappa shape index (κ1) is 19.4. The van der Waals surface area contributed by atoms with E-state index in [1.54, 1.807) is 0 Å². The number of hydrogen-bond acceptors (Lipinski definition) is 2. The molecule has 3 atom stereocenters. The van der Waals surface area contributed by atoms with E-state index in [1.807, 2.05) is 0 Å². The summed E-state index contributed by atoms with van der Waals surface area (Å²) in [6.45, 7) is 3.08. The average molecular weight is 402 g/mol. The monoisotopic (exact) mass is 401 g/mol. The van der Waals surface area contributed by atoms with Gasteiger partial charge in [-0.1, -0.05) is 72.8 Å². The molecule has 0 saturated carbocycles. The van der Waals surface area contributed by atoms with Crippen LogP contribution in [0.5, 0.6) is 0 Å². The van der Waals surface area contributed by atoms with Crippen molar-refractivity contribution in [1.29, 1.82) is 0 Å². The zero-order valence-corrected chi connectivity index (χ0v) is 17.5. The topological polar surface area (TPSA) is 35.6 Å². The molecule has 2 aromatic carbocycles. The number of benzene rings is 2. The fourth-order valence-electron chi connectivity index (χ4n) is 5.56. The number of carbonyl (C=O) groups is 1. The van der Waals surface area contributed by atoms with Crippen LogP contribution in [0.15, 0.2) is 72.8 Å². The van der Waals surface area contributed by atoms with Crippen molar-refractivity contribution < 1.29 is 4.79 Å². The first-order valence-corrected chi connectivity index (χ1v) is 11.3. The number of nitrogens with one attached hydrogen (secondary N) is 1. The highest BCUT2D eigenvalue weighted by molar-refractivity contribution is 5.77. The van der Waals surface area contributed by atoms with Gasteiger partial charge in [0.1, 0.15) is 0 Å². The van der Waals surface area contributed by atoms with Gasteiger partial charge in [-0.25, -0.2) is 4.79 Å². The fourth-order valence-corrected chi connectivity index (χ4v) is 5.56. The molecule has 2 fully saturated rings. The molecule has 1 aliphatic carbocycles. The Kier molecular flexibility index (Phi) is 5.58. The molecule has 5 rings (SSSR count). The third kappa shape index (κ3) is 3.89. The lowest BCUT2D eigenvalue weighted by atomic mass is 9.77. The van der Waals surface area contributed by atoms with Crippen LogP contribution >= 0.6 is 0 Å². The van der Waals surface area contributed by atoms with Crippen molar-refractivity contribution in [2.75, 3.05) is 13.1 Å². The van der Waals surface area contributed by atoms with Gasteiger partial charge in [0.15, 0.2) is 0 Å². The van der Waals surface area contributed by atoms with E-state index in [4.69, 9.17) is 0 Å². The maximum absolute atomic E-state index is 13.3. The summed E-state index contributed by atoms with van der Waals surface area (Å²) < 4.78 is 0. The number of carbonyl (C=O) groups excluding carboxylic acids is 1. The lowest BCUT2D eigenvalue weighted by molar-refractivity contribution is 0.0383. The lowest BCUT2D eigenvalue weighted by Gasteiger charge is -2.51. The molecule has 3 aliphatic rings. The Morgan fingerprint density at radius 3 is 2.27 bits per heavy atom. The smallest absolute Gasteiger partial charge is 0.318 e. The summed E-state index contributed by atoms with van der Waals surface area (Å²) in [6.07, 6.45) is 8.58. The third-order valence-corrected chi connectivity index (χ3v) is 7.07. The standard InChI is InChI=1S/C26H31N3O/c30-26-27-24-14-8-7-13-23(24)25(21-11-5-2-6-12-21)29(26)22-15-17-28(18-16-22)19-20-9-3-1-4-10-20/h1-12,22-25H,13-19H2,(H,27,30)/t23-,24?,25+/m0/s1. The van der Waals surface area contributed by atoms with E-state index in [0.717, 1.165) is 45.3 Å². The Morgan fingerprint density at radius 1 is 0.867 bits per heavy atom. The van der Waals surface area contributed by atoms with Gasteiger partial charge in [-0.15, -0.1) is 0 Å². The van der Waals surface area contributed by atoms with Crippen molar-refractivity contribution in [3.05, 3.63) is 83.9 Å². The van der Waals surface area contributed by atoms with Crippen molar-refractivity contribution in [2.24, 2.45) is 5.92 Å². The average Bonchev–Trinajstić information content (AvgIpc) is 2.80. The first-order chi connectivity index (χ1) is 14.8. The number of amides is 2. The molecule has 0 bridgehead atoms. The molecule has 0 spiro atoms. The summed E-state index contributed by atoms with van der Waals surface area (Å²) >= 11 is 0. The molecular formula is C26H31N3O. The predicted molar refractivity (Wildman–Crippen MR) is 120 cm³/mol. The minimum atomic E-state index is 0.127. The molecule has 2 amide bonds. The molecule has 2 aliphatic heterocycles. The quantitative estimate of drug-likeness (QED) is 0.751. The van der Waals surface area contributed by atoms with E-state index in [9.17, 15) is 4.79 Å². The largest absolute Gasteiger partial charge is 0.335 e. The van der Waals surface area contributed by atoms with E-state index in [1.165, 1.54) is 11.1 Å². The van der Waals surface area contributed by atoms with Crippen molar-refractivity contribution in [2.45, 2.75) is 50.4 Å². The molecule has 1 N–H and O–H groups in total. The van der Waals surface area contributed by atoms with Crippen molar-refractivity contribution in [1.82, 2.24) is 15.1 Å². The Labute approximate surface area is 179 Å². The minimum absolute atomic E-state index is 0.127. The molecular weight excluding hydrogens is 370 g/mol. The SMILES string of the molecule is O=C1NC2CC=CC[C@@H]2[C@@H](c2ccccc2)N1C1CCN(Cc2ccccc2)CC1. The molecule has 4 nitrogen and oxygen atoms in total. The lowest BCUT2D eigenvalue weighted by Crippen LogP contribution is -2.62. The number of likely N-dealkylation sites (tertiary alicyclic amines) is 1. The van der Waals surface area contributed by atoms with Crippen molar-refractivity contribution >= 4 is 6.03 Å². The van der Waals surface area contributed by atoms with Crippen LogP contribution in [0.25, 0.3) is 0 Å². The highest BCUT2D eigenvalue weighted by Gasteiger charge is 2.45. The molecule has 156 valence electrons. The summed E-state index contributed by atoms with van der Waals surface area (Å²) in [5.41, 5.74) is 2.65. The zero-order chi connectivity index (χ0) is 20.3. The van der Waals surface area contributed by atoms with Gasteiger partial charge in [0.05, 0.1) is 6.04 Å². The Hall–Kier alpha value is -2.59. The van der Waals surface area contributed by atoms with Crippen molar-refractivity contribution in [3.8, 4) is 0 Å². The second-order valence-corrected chi connectivity index (χ2v) is 8.92.